The molecule has 3 rings (SSSR count). The van der Waals surface area contributed by atoms with Crippen LogP contribution in [-0.4, -0.2) is 38.0 Å². The van der Waals surface area contributed by atoms with Gasteiger partial charge in [0.2, 0.25) is 0 Å². The maximum atomic E-state index is 9.07. The van der Waals surface area contributed by atoms with Crippen molar-refractivity contribution in [1.82, 2.24) is 4.90 Å². The fraction of sp³-hybridized carbons (Fsp3) is 0.364. The van der Waals surface area contributed by atoms with Crippen molar-refractivity contribution in [3.8, 4) is 6.07 Å². The molecule has 0 N–H and O–H groups in total. The summed E-state index contributed by atoms with van der Waals surface area (Å²) in [6, 6.07) is 13.5. The third-order valence-electron chi connectivity index (χ3n) is 4.92. The number of aryl methyl sites for hydroxylation is 1. The number of halogens is 1. The van der Waals surface area contributed by atoms with E-state index >= 15 is 0 Å². The standard InChI is InChI=1S/C22H24ClN3O2/c1-4-26(3)15-25-21-8-16(2)19(10-20(21)23)22(13-27-14-22)28-12-18-7-5-6-17(9-18)11-24/h5-10,15H,4,12-14H2,1-3H3. The van der Waals surface area contributed by atoms with Gasteiger partial charge in [0.05, 0.1) is 48.5 Å². The number of nitriles is 1. The maximum absolute atomic E-state index is 9.07. The van der Waals surface area contributed by atoms with E-state index in [0.29, 0.717) is 30.4 Å². The van der Waals surface area contributed by atoms with E-state index in [1.54, 1.807) is 12.4 Å². The highest BCUT2D eigenvalue weighted by molar-refractivity contribution is 6.33. The van der Waals surface area contributed by atoms with Crippen molar-refractivity contribution in [2.24, 2.45) is 4.99 Å². The van der Waals surface area contributed by atoms with Crippen LogP contribution in [0.3, 0.4) is 0 Å². The monoisotopic (exact) mass is 397 g/mol. The van der Waals surface area contributed by atoms with Crippen LogP contribution >= 0.6 is 11.6 Å². The molecule has 0 unspecified atom stereocenters. The molecule has 0 amide bonds. The van der Waals surface area contributed by atoms with Crippen molar-refractivity contribution in [1.29, 1.82) is 5.26 Å². The lowest BCUT2D eigenvalue weighted by Crippen LogP contribution is -2.49. The molecular formula is C22H24ClN3O2. The zero-order valence-corrected chi connectivity index (χ0v) is 17.2. The van der Waals surface area contributed by atoms with Crippen molar-refractivity contribution in [3.05, 3.63) is 63.7 Å². The summed E-state index contributed by atoms with van der Waals surface area (Å²) in [4.78, 5) is 6.47. The first-order valence-corrected chi connectivity index (χ1v) is 9.61. The van der Waals surface area contributed by atoms with Crippen LogP contribution in [0.1, 0.15) is 29.2 Å². The summed E-state index contributed by atoms with van der Waals surface area (Å²) >= 11 is 6.51. The number of ether oxygens (including phenoxy) is 2. The lowest BCUT2D eigenvalue weighted by Gasteiger charge is -2.42. The first-order valence-electron chi connectivity index (χ1n) is 9.23. The van der Waals surface area contributed by atoms with Crippen LogP contribution in [0.25, 0.3) is 0 Å². The van der Waals surface area contributed by atoms with E-state index in [1.807, 2.05) is 49.2 Å². The molecule has 0 aromatic heterocycles. The van der Waals surface area contributed by atoms with Gasteiger partial charge in [0.15, 0.2) is 0 Å². The van der Waals surface area contributed by atoms with E-state index in [0.717, 1.165) is 28.9 Å². The van der Waals surface area contributed by atoms with Crippen molar-refractivity contribution < 1.29 is 9.47 Å². The van der Waals surface area contributed by atoms with Crippen LogP contribution in [0, 0.1) is 18.3 Å². The Bertz CT molecular complexity index is 916. The molecule has 0 radical (unpaired) electrons. The molecule has 2 aromatic carbocycles. The van der Waals surface area contributed by atoms with E-state index < -0.39 is 5.60 Å². The van der Waals surface area contributed by atoms with Gasteiger partial charge >= 0.3 is 0 Å². The Hall–Kier alpha value is -2.39. The summed E-state index contributed by atoms with van der Waals surface area (Å²) < 4.78 is 11.8. The maximum Gasteiger partial charge on any atom is 0.140 e. The third kappa shape index (κ3) is 4.36. The zero-order valence-electron chi connectivity index (χ0n) is 16.4. The molecule has 5 nitrogen and oxygen atoms in total. The van der Waals surface area contributed by atoms with Crippen LogP contribution in [0.5, 0.6) is 0 Å². The van der Waals surface area contributed by atoms with Crippen LogP contribution in [0.15, 0.2) is 41.4 Å². The molecule has 146 valence electrons. The molecule has 1 saturated heterocycles. The van der Waals surface area contributed by atoms with Gasteiger partial charge in [0, 0.05) is 13.6 Å². The zero-order chi connectivity index (χ0) is 20.1. The lowest BCUT2D eigenvalue weighted by molar-refractivity contribution is -0.223. The molecule has 28 heavy (non-hydrogen) atoms. The molecule has 0 saturated carbocycles. The Balaban J connectivity index is 1.82. The molecule has 6 heteroatoms. The third-order valence-corrected chi connectivity index (χ3v) is 5.22. The first-order chi connectivity index (χ1) is 13.5. The highest BCUT2D eigenvalue weighted by Gasteiger charge is 2.43. The summed E-state index contributed by atoms with van der Waals surface area (Å²) in [5, 5.41) is 9.66. The number of hydrogen-bond acceptors (Lipinski definition) is 4. The Labute approximate surface area is 171 Å². The quantitative estimate of drug-likeness (QED) is 0.507. The average molecular weight is 398 g/mol. The second-order valence-corrected chi connectivity index (χ2v) is 7.43. The first kappa shape index (κ1) is 20.3. The highest BCUT2D eigenvalue weighted by atomic mass is 35.5. The molecular weight excluding hydrogens is 374 g/mol. The summed E-state index contributed by atoms with van der Waals surface area (Å²) in [7, 11) is 1.97. The second kappa shape index (κ2) is 8.74. The minimum absolute atomic E-state index is 0.400. The van der Waals surface area contributed by atoms with Crippen molar-refractivity contribution in [2.75, 3.05) is 26.8 Å². The van der Waals surface area contributed by atoms with Crippen LogP contribution in [0.2, 0.25) is 5.02 Å². The van der Waals surface area contributed by atoms with Gasteiger partial charge in [-0.05, 0) is 54.8 Å². The van der Waals surface area contributed by atoms with E-state index in [4.69, 9.17) is 26.3 Å². The largest absolute Gasteiger partial charge is 0.375 e. The minimum Gasteiger partial charge on any atom is -0.375 e. The topological polar surface area (TPSA) is 57.8 Å². The van der Waals surface area contributed by atoms with E-state index in [-0.39, 0.29) is 0 Å². The summed E-state index contributed by atoms with van der Waals surface area (Å²) in [6.45, 7) is 6.32. The molecule has 1 aliphatic rings. The SMILES string of the molecule is CCN(C)C=Nc1cc(C)c(C2(OCc3cccc(C#N)c3)COC2)cc1Cl. The van der Waals surface area contributed by atoms with E-state index in [1.165, 1.54) is 0 Å². The molecule has 0 bridgehead atoms. The van der Waals surface area contributed by atoms with Gasteiger partial charge in [0.25, 0.3) is 0 Å². The van der Waals surface area contributed by atoms with Gasteiger partial charge in [-0.2, -0.15) is 5.26 Å². The Kier molecular flexibility index (Phi) is 6.35. The molecule has 1 fully saturated rings. The predicted octanol–water partition coefficient (Wildman–Crippen LogP) is 4.57. The summed E-state index contributed by atoms with van der Waals surface area (Å²) in [5.74, 6) is 0. The smallest absolute Gasteiger partial charge is 0.140 e. The minimum atomic E-state index is -0.529. The van der Waals surface area contributed by atoms with Gasteiger partial charge in [-0.15, -0.1) is 0 Å². The van der Waals surface area contributed by atoms with Crippen molar-refractivity contribution >= 4 is 23.6 Å². The normalized spacial score (nSPS) is 15.2. The van der Waals surface area contributed by atoms with Crippen molar-refractivity contribution in [2.45, 2.75) is 26.1 Å². The molecule has 1 aliphatic heterocycles. The highest BCUT2D eigenvalue weighted by Crippen LogP contribution is 2.40. The molecule has 0 aliphatic carbocycles. The summed E-state index contributed by atoms with van der Waals surface area (Å²) in [6.07, 6.45) is 1.78. The Morgan fingerprint density at radius 1 is 1.36 bits per heavy atom. The predicted molar refractivity (Wildman–Crippen MR) is 111 cm³/mol. The number of benzene rings is 2. The number of rotatable bonds is 7. The van der Waals surface area contributed by atoms with Gasteiger partial charge in [-0.1, -0.05) is 23.7 Å². The van der Waals surface area contributed by atoms with Gasteiger partial charge < -0.3 is 14.4 Å². The molecule has 1 heterocycles. The fourth-order valence-electron chi connectivity index (χ4n) is 3.05. The number of nitrogens with zero attached hydrogens (tertiary/aromatic N) is 3. The summed E-state index contributed by atoms with van der Waals surface area (Å²) in [5.41, 5.74) is 3.86. The van der Waals surface area contributed by atoms with Gasteiger partial charge in [0.1, 0.15) is 5.60 Å². The number of hydrogen-bond donors (Lipinski definition) is 0. The fourth-order valence-corrected chi connectivity index (χ4v) is 3.27. The van der Waals surface area contributed by atoms with Crippen molar-refractivity contribution in [3.63, 3.8) is 0 Å². The van der Waals surface area contributed by atoms with Gasteiger partial charge in [-0.25, -0.2) is 4.99 Å². The number of aliphatic imine (C=N–C) groups is 1. The molecule has 2 aromatic rings. The Morgan fingerprint density at radius 2 is 2.14 bits per heavy atom. The lowest BCUT2D eigenvalue weighted by atomic mass is 9.88. The second-order valence-electron chi connectivity index (χ2n) is 7.02. The average Bonchev–Trinajstić information content (AvgIpc) is 2.68. The molecule has 0 spiro atoms. The van der Waals surface area contributed by atoms with E-state index in [2.05, 4.69) is 18.0 Å². The van der Waals surface area contributed by atoms with Crippen LogP contribution < -0.4 is 0 Å². The van der Waals surface area contributed by atoms with Crippen LogP contribution in [-0.2, 0) is 21.7 Å². The van der Waals surface area contributed by atoms with Gasteiger partial charge in [-0.3, -0.25) is 0 Å². The molecule has 0 atom stereocenters. The Morgan fingerprint density at radius 3 is 2.79 bits per heavy atom. The van der Waals surface area contributed by atoms with Crippen LogP contribution in [0.4, 0.5) is 5.69 Å². The van der Waals surface area contributed by atoms with E-state index in [9.17, 15) is 0 Å².